The van der Waals surface area contributed by atoms with Gasteiger partial charge in [-0.25, -0.2) is 0 Å². The molecule has 1 fully saturated rings. The molecule has 0 spiro atoms. The number of benzene rings is 2. The van der Waals surface area contributed by atoms with Gasteiger partial charge in [0.25, 0.3) is 11.5 Å². The highest BCUT2D eigenvalue weighted by molar-refractivity contribution is 5.94. The molecular formula is C24H26N4O2. The first-order valence-electron chi connectivity index (χ1n) is 10.3. The Morgan fingerprint density at radius 1 is 0.800 bits per heavy atom. The second kappa shape index (κ2) is 8.53. The summed E-state index contributed by atoms with van der Waals surface area (Å²) in [5.41, 5.74) is 3.59. The van der Waals surface area contributed by atoms with Crippen LogP contribution in [0.15, 0.2) is 65.5 Å². The number of aromatic nitrogens is 2. The Hall–Kier alpha value is -3.41. The van der Waals surface area contributed by atoms with Crippen molar-refractivity contribution in [2.24, 2.45) is 0 Å². The highest BCUT2D eigenvalue weighted by Gasteiger charge is 2.21. The molecule has 0 unspecified atom stereocenters. The van der Waals surface area contributed by atoms with E-state index in [9.17, 15) is 9.59 Å². The maximum absolute atomic E-state index is 12.9. The summed E-state index contributed by atoms with van der Waals surface area (Å²) in [6, 6.07) is 18.8. The molecule has 0 saturated carbocycles. The fraction of sp³-hybridized carbons (Fsp3) is 0.292. The van der Waals surface area contributed by atoms with Gasteiger partial charge in [0.15, 0.2) is 0 Å². The number of rotatable bonds is 3. The maximum Gasteiger partial charge on any atom is 0.271 e. The minimum Gasteiger partial charge on any atom is -0.353 e. The molecule has 3 aromatic rings. The van der Waals surface area contributed by atoms with Gasteiger partial charge in [-0.3, -0.25) is 9.59 Å². The average molecular weight is 402 g/mol. The lowest BCUT2D eigenvalue weighted by atomic mass is 10.1. The molecule has 6 nitrogen and oxygen atoms in total. The Labute approximate surface area is 176 Å². The zero-order valence-electron chi connectivity index (χ0n) is 17.4. The first-order chi connectivity index (χ1) is 14.5. The lowest BCUT2D eigenvalue weighted by Gasteiger charge is -2.23. The number of anilines is 1. The highest BCUT2D eigenvalue weighted by Crippen LogP contribution is 2.16. The zero-order valence-corrected chi connectivity index (χ0v) is 17.4. The number of nitrogens with zero attached hydrogens (tertiary/aromatic N) is 4. The van der Waals surface area contributed by atoms with Crippen LogP contribution in [0.2, 0.25) is 0 Å². The van der Waals surface area contributed by atoms with Crippen LogP contribution in [0.3, 0.4) is 0 Å². The van der Waals surface area contributed by atoms with Gasteiger partial charge in [0.2, 0.25) is 0 Å². The summed E-state index contributed by atoms with van der Waals surface area (Å²) >= 11 is 0. The molecule has 0 bridgehead atoms. The minimum absolute atomic E-state index is 0.0643. The van der Waals surface area contributed by atoms with Gasteiger partial charge in [-0.2, -0.15) is 4.68 Å². The van der Waals surface area contributed by atoms with E-state index in [0.717, 1.165) is 41.2 Å². The number of hydrogen-bond donors (Lipinski definition) is 0. The predicted octanol–water partition coefficient (Wildman–Crippen LogP) is 3.20. The predicted molar refractivity (Wildman–Crippen MR) is 118 cm³/mol. The average Bonchev–Trinajstić information content (AvgIpc) is 3.01. The Morgan fingerprint density at radius 3 is 2.17 bits per heavy atom. The molecule has 30 heavy (non-hydrogen) atoms. The van der Waals surface area contributed by atoms with E-state index in [1.54, 1.807) is 12.1 Å². The second-order valence-electron chi connectivity index (χ2n) is 7.78. The molecular weight excluding hydrogens is 376 g/mol. The van der Waals surface area contributed by atoms with E-state index in [1.165, 1.54) is 4.68 Å². The lowest BCUT2D eigenvalue weighted by Crippen LogP contribution is -2.36. The number of aryl methyl sites for hydroxylation is 2. The summed E-state index contributed by atoms with van der Waals surface area (Å²) in [7, 11) is 0. The molecule has 0 radical (unpaired) electrons. The van der Waals surface area contributed by atoms with Gasteiger partial charge in [0.1, 0.15) is 5.82 Å². The monoisotopic (exact) mass is 402 g/mol. The molecule has 6 heteroatoms. The third-order valence-corrected chi connectivity index (χ3v) is 5.47. The van der Waals surface area contributed by atoms with E-state index in [2.05, 4.69) is 10.00 Å². The lowest BCUT2D eigenvalue weighted by molar-refractivity contribution is 0.0767. The van der Waals surface area contributed by atoms with Gasteiger partial charge < -0.3 is 9.80 Å². The van der Waals surface area contributed by atoms with E-state index in [1.807, 2.05) is 67.3 Å². The van der Waals surface area contributed by atoms with Gasteiger partial charge in [-0.05, 0) is 50.6 Å². The molecule has 1 aromatic heterocycles. The first-order valence-corrected chi connectivity index (χ1v) is 10.3. The fourth-order valence-corrected chi connectivity index (χ4v) is 3.67. The molecule has 2 aromatic carbocycles. The molecule has 0 aliphatic carbocycles. The summed E-state index contributed by atoms with van der Waals surface area (Å²) < 4.78 is 1.44. The molecule has 1 aliphatic rings. The second-order valence-corrected chi connectivity index (χ2v) is 7.78. The Morgan fingerprint density at radius 2 is 1.47 bits per heavy atom. The van der Waals surface area contributed by atoms with Crippen molar-refractivity contribution in [1.29, 1.82) is 0 Å². The van der Waals surface area contributed by atoms with Crippen LogP contribution in [-0.4, -0.2) is 46.8 Å². The van der Waals surface area contributed by atoms with Crippen LogP contribution in [0.4, 0.5) is 5.82 Å². The summed E-state index contributed by atoms with van der Waals surface area (Å²) in [5, 5.41) is 4.60. The standard InChI is InChI=1S/C24H26N4O2/c1-18-4-8-20(9-5-18)24(30)27-15-3-14-26(16-17-27)22-12-13-23(29)28(25-22)21-10-6-19(2)7-11-21/h4-13H,3,14-17H2,1-2H3. The van der Waals surface area contributed by atoms with Gasteiger partial charge in [0.05, 0.1) is 5.69 Å². The fourth-order valence-electron chi connectivity index (χ4n) is 3.67. The topological polar surface area (TPSA) is 58.4 Å². The third-order valence-electron chi connectivity index (χ3n) is 5.47. The number of carbonyl (C=O) groups is 1. The van der Waals surface area contributed by atoms with Gasteiger partial charge in [-0.15, -0.1) is 5.10 Å². The molecule has 154 valence electrons. The normalized spacial score (nSPS) is 14.5. The van der Waals surface area contributed by atoms with Crippen molar-refractivity contribution in [2.75, 3.05) is 31.1 Å². The van der Waals surface area contributed by atoms with Crippen LogP contribution in [0.1, 0.15) is 27.9 Å². The summed E-state index contributed by atoms with van der Waals surface area (Å²) in [4.78, 5) is 29.3. The third kappa shape index (κ3) is 4.27. The first kappa shape index (κ1) is 19.9. The van der Waals surface area contributed by atoms with Crippen LogP contribution >= 0.6 is 0 Å². The van der Waals surface area contributed by atoms with Crippen LogP contribution < -0.4 is 10.5 Å². The van der Waals surface area contributed by atoms with Crippen molar-refractivity contribution in [3.05, 3.63) is 87.7 Å². The van der Waals surface area contributed by atoms with Crippen LogP contribution in [0, 0.1) is 13.8 Å². The number of hydrogen-bond acceptors (Lipinski definition) is 4. The Balaban J connectivity index is 1.51. The zero-order chi connectivity index (χ0) is 21.1. The summed E-state index contributed by atoms with van der Waals surface area (Å²) in [5.74, 6) is 0.814. The molecule has 2 heterocycles. The highest BCUT2D eigenvalue weighted by atomic mass is 16.2. The Bertz CT molecular complexity index is 1090. The van der Waals surface area contributed by atoms with Gasteiger partial charge in [-0.1, -0.05) is 35.4 Å². The molecule has 1 saturated heterocycles. The van der Waals surface area contributed by atoms with E-state index in [4.69, 9.17) is 0 Å². The van der Waals surface area contributed by atoms with E-state index in [0.29, 0.717) is 19.6 Å². The molecule has 0 atom stereocenters. The smallest absolute Gasteiger partial charge is 0.271 e. The van der Waals surface area contributed by atoms with Crippen LogP contribution in [0.5, 0.6) is 0 Å². The number of carbonyl (C=O) groups excluding carboxylic acids is 1. The molecule has 1 amide bonds. The summed E-state index contributed by atoms with van der Waals surface area (Å²) in [6.07, 6.45) is 0.850. The van der Waals surface area contributed by atoms with Crippen molar-refractivity contribution in [3.63, 3.8) is 0 Å². The van der Waals surface area contributed by atoms with E-state index < -0.39 is 0 Å². The van der Waals surface area contributed by atoms with Crippen molar-refractivity contribution in [1.82, 2.24) is 14.7 Å². The van der Waals surface area contributed by atoms with Crippen LogP contribution in [0.25, 0.3) is 5.69 Å². The van der Waals surface area contributed by atoms with Crippen molar-refractivity contribution >= 4 is 11.7 Å². The Kier molecular flexibility index (Phi) is 5.65. The van der Waals surface area contributed by atoms with Gasteiger partial charge in [0, 0.05) is 37.8 Å². The van der Waals surface area contributed by atoms with Crippen LogP contribution in [-0.2, 0) is 0 Å². The molecule has 0 N–H and O–H groups in total. The van der Waals surface area contributed by atoms with Crippen molar-refractivity contribution < 1.29 is 4.79 Å². The molecule has 1 aliphatic heterocycles. The summed E-state index contributed by atoms with van der Waals surface area (Å²) in [6.45, 7) is 6.82. The number of amides is 1. The SMILES string of the molecule is Cc1ccc(C(=O)N2CCCN(c3ccc(=O)n(-c4ccc(C)cc4)n3)CC2)cc1. The quantitative estimate of drug-likeness (QED) is 0.675. The maximum atomic E-state index is 12.9. The van der Waals surface area contributed by atoms with E-state index >= 15 is 0 Å². The molecule has 4 rings (SSSR count). The van der Waals surface area contributed by atoms with E-state index in [-0.39, 0.29) is 11.5 Å². The van der Waals surface area contributed by atoms with Crippen molar-refractivity contribution in [2.45, 2.75) is 20.3 Å². The largest absolute Gasteiger partial charge is 0.353 e. The van der Waals surface area contributed by atoms with Crippen molar-refractivity contribution in [3.8, 4) is 5.69 Å². The minimum atomic E-state index is -0.159. The van der Waals surface area contributed by atoms with Gasteiger partial charge >= 0.3 is 0 Å².